The van der Waals surface area contributed by atoms with Gasteiger partial charge in [0.1, 0.15) is 0 Å². The molecular weight excluding hydrogens is 304 g/mol. The summed E-state index contributed by atoms with van der Waals surface area (Å²) in [6.45, 7) is 2.25. The molecule has 1 aromatic heterocycles. The number of amides is 2. The second-order valence-corrected chi connectivity index (χ2v) is 7.73. The third-order valence-electron chi connectivity index (χ3n) is 3.85. The van der Waals surface area contributed by atoms with E-state index >= 15 is 0 Å². The summed E-state index contributed by atoms with van der Waals surface area (Å²) in [6.07, 6.45) is 3.32. The number of thioether (sulfide) groups is 1. The lowest BCUT2D eigenvalue weighted by Crippen LogP contribution is -2.42. The summed E-state index contributed by atoms with van der Waals surface area (Å²) in [7, 11) is 1.85. The Bertz CT molecular complexity index is 476. The van der Waals surface area contributed by atoms with Crippen LogP contribution in [0, 0.1) is 0 Å². The molecule has 1 aliphatic rings. The molecule has 2 atom stereocenters. The van der Waals surface area contributed by atoms with Crippen LogP contribution in [0.4, 0.5) is 0 Å². The van der Waals surface area contributed by atoms with E-state index in [1.807, 2.05) is 35.2 Å². The average molecular weight is 326 g/mol. The van der Waals surface area contributed by atoms with E-state index in [2.05, 4.69) is 12.2 Å². The van der Waals surface area contributed by atoms with Crippen molar-refractivity contribution in [3.63, 3.8) is 0 Å². The van der Waals surface area contributed by atoms with Crippen LogP contribution in [0.15, 0.2) is 17.5 Å². The van der Waals surface area contributed by atoms with Gasteiger partial charge in [-0.25, -0.2) is 0 Å². The zero-order valence-corrected chi connectivity index (χ0v) is 14.1. The van der Waals surface area contributed by atoms with Crippen molar-refractivity contribution in [2.45, 2.75) is 37.5 Å². The number of nitrogens with one attached hydrogen (secondary N) is 1. The number of carbonyl (C=O) groups is 2. The zero-order chi connectivity index (χ0) is 15.2. The van der Waals surface area contributed by atoms with Crippen molar-refractivity contribution >= 4 is 34.9 Å². The first-order chi connectivity index (χ1) is 10.1. The molecule has 2 unspecified atom stereocenters. The van der Waals surface area contributed by atoms with Crippen molar-refractivity contribution in [2.75, 3.05) is 19.3 Å². The Kier molecular flexibility index (Phi) is 6.11. The molecule has 1 aliphatic carbocycles. The van der Waals surface area contributed by atoms with Crippen molar-refractivity contribution in [1.82, 2.24) is 10.2 Å². The number of likely N-dealkylation sites (N-methyl/N-ethyl adjacent to an activating group) is 1. The standard InChI is InChI=1S/C15H22N2O2S2/c1-3-20-12-7-6-11(9-12)17(2)14(18)10-16-15(19)13-5-4-8-21-13/h4-5,8,11-12H,3,6-7,9-10H2,1-2H3,(H,16,19). The first-order valence-electron chi connectivity index (χ1n) is 7.30. The lowest BCUT2D eigenvalue weighted by molar-refractivity contribution is -0.130. The minimum Gasteiger partial charge on any atom is -0.342 e. The summed E-state index contributed by atoms with van der Waals surface area (Å²) in [5, 5.41) is 5.23. The summed E-state index contributed by atoms with van der Waals surface area (Å²) < 4.78 is 0. The van der Waals surface area contributed by atoms with Gasteiger partial charge in [0, 0.05) is 18.3 Å². The van der Waals surface area contributed by atoms with E-state index in [1.165, 1.54) is 17.8 Å². The van der Waals surface area contributed by atoms with Crippen molar-refractivity contribution < 1.29 is 9.59 Å². The van der Waals surface area contributed by atoms with Crippen LogP contribution in [-0.2, 0) is 4.79 Å². The zero-order valence-electron chi connectivity index (χ0n) is 12.5. The number of carbonyl (C=O) groups excluding carboxylic acids is 2. The minimum atomic E-state index is -0.169. The molecule has 1 aromatic rings. The van der Waals surface area contributed by atoms with Gasteiger partial charge in [-0.2, -0.15) is 11.8 Å². The third kappa shape index (κ3) is 4.48. The summed E-state index contributed by atoms with van der Waals surface area (Å²) >= 11 is 3.36. The molecule has 2 rings (SSSR count). The molecule has 0 aromatic carbocycles. The van der Waals surface area contributed by atoms with E-state index in [9.17, 15) is 9.59 Å². The first kappa shape index (κ1) is 16.4. The molecule has 1 fully saturated rings. The number of nitrogens with zero attached hydrogens (tertiary/aromatic N) is 1. The van der Waals surface area contributed by atoms with Gasteiger partial charge < -0.3 is 10.2 Å². The fraction of sp³-hybridized carbons (Fsp3) is 0.600. The predicted octanol–water partition coefficient (Wildman–Crippen LogP) is 2.61. The fourth-order valence-electron chi connectivity index (χ4n) is 2.64. The average Bonchev–Trinajstić information content (AvgIpc) is 3.15. The second-order valence-electron chi connectivity index (χ2n) is 5.21. The molecule has 0 spiro atoms. The van der Waals surface area contributed by atoms with Crippen LogP contribution < -0.4 is 5.32 Å². The molecule has 1 heterocycles. The van der Waals surface area contributed by atoms with Gasteiger partial charge in [-0.05, 0) is 36.5 Å². The molecule has 4 nitrogen and oxygen atoms in total. The summed E-state index contributed by atoms with van der Waals surface area (Å²) in [5.74, 6) is 0.955. The number of hydrogen-bond acceptors (Lipinski definition) is 4. The van der Waals surface area contributed by atoms with E-state index in [-0.39, 0.29) is 18.4 Å². The van der Waals surface area contributed by atoms with Crippen LogP contribution in [0.3, 0.4) is 0 Å². The van der Waals surface area contributed by atoms with Crippen LogP contribution in [0.1, 0.15) is 35.9 Å². The Labute approximate surface area is 134 Å². The number of rotatable bonds is 6. The Morgan fingerprint density at radius 2 is 2.29 bits per heavy atom. The van der Waals surface area contributed by atoms with Crippen LogP contribution in [0.2, 0.25) is 0 Å². The van der Waals surface area contributed by atoms with E-state index in [4.69, 9.17) is 0 Å². The van der Waals surface area contributed by atoms with Gasteiger partial charge in [0.2, 0.25) is 5.91 Å². The molecule has 0 saturated heterocycles. The van der Waals surface area contributed by atoms with Gasteiger partial charge in [0.25, 0.3) is 5.91 Å². The van der Waals surface area contributed by atoms with Gasteiger partial charge >= 0.3 is 0 Å². The van der Waals surface area contributed by atoms with Gasteiger partial charge in [-0.15, -0.1) is 11.3 Å². The van der Waals surface area contributed by atoms with Gasteiger partial charge in [0.15, 0.2) is 0 Å². The fourth-order valence-corrected chi connectivity index (χ4v) is 4.41. The number of thiophene rings is 1. The number of hydrogen-bond donors (Lipinski definition) is 1. The SMILES string of the molecule is CCSC1CCC(N(C)C(=O)CNC(=O)c2cccs2)C1. The molecule has 2 amide bonds. The van der Waals surface area contributed by atoms with Crippen molar-refractivity contribution in [3.05, 3.63) is 22.4 Å². The highest BCUT2D eigenvalue weighted by Gasteiger charge is 2.29. The largest absolute Gasteiger partial charge is 0.342 e. The molecule has 0 radical (unpaired) electrons. The van der Waals surface area contributed by atoms with Crippen LogP contribution in [0.25, 0.3) is 0 Å². The Balaban J connectivity index is 1.77. The van der Waals surface area contributed by atoms with E-state index in [0.29, 0.717) is 16.2 Å². The lowest BCUT2D eigenvalue weighted by atomic mass is 10.2. The quantitative estimate of drug-likeness (QED) is 0.874. The molecule has 1 saturated carbocycles. The van der Waals surface area contributed by atoms with Crippen molar-refractivity contribution in [2.24, 2.45) is 0 Å². The minimum absolute atomic E-state index is 0.00736. The molecule has 0 bridgehead atoms. The van der Waals surface area contributed by atoms with Gasteiger partial charge in [-0.3, -0.25) is 9.59 Å². The Hall–Kier alpha value is -1.01. The van der Waals surface area contributed by atoms with Crippen LogP contribution >= 0.6 is 23.1 Å². The predicted molar refractivity (Wildman–Crippen MR) is 89.0 cm³/mol. The molecule has 21 heavy (non-hydrogen) atoms. The van der Waals surface area contributed by atoms with Crippen LogP contribution in [0.5, 0.6) is 0 Å². The Morgan fingerprint density at radius 1 is 1.48 bits per heavy atom. The smallest absolute Gasteiger partial charge is 0.261 e. The highest BCUT2D eigenvalue weighted by Crippen LogP contribution is 2.32. The molecule has 0 aliphatic heterocycles. The Morgan fingerprint density at radius 3 is 2.95 bits per heavy atom. The maximum absolute atomic E-state index is 12.2. The maximum atomic E-state index is 12.2. The molecule has 1 N–H and O–H groups in total. The van der Waals surface area contributed by atoms with E-state index in [0.717, 1.165) is 18.6 Å². The van der Waals surface area contributed by atoms with Gasteiger partial charge in [-0.1, -0.05) is 13.0 Å². The molecular formula is C15H22N2O2S2. The van der Waals surface area contributed by atoms with Crippen molar-refractivity contribution in [3.8, 4) is 0 Å². The highest BCUT2D eigenvalue weighted by atomic mass is 32.2. The van der Waals surface area contributed by atoms with Gasteiger partial charge in [0.05, 0.1) is 11.4 Å². The third-order valence-corrected chi connectivity index (χ3v) is 5.95. The maximum Gasteiger partial charge on any atom is 0.261 e. The van der Waals surface area contributed by atoms with E-state index in [1.54, 1.807) is 6.07 Å². The summed E-state index contributed by atoms with van der Waals surface area (Å²) in [4.78, 5) is 26.4. The monoisotopic (exact) mass is 326 g/mol. The van der Waals surface area contributed by atoms with Crippen LogP contribution in [-0.4, -0.2) is 47.4 Å². The summed E-state index contributed by atoms with van der Waals surface area (Å²) in [6, 6.07) is 3.91. The second kappa shape index (κ2) is 7.84. The molecule has 6 heteroatoms. The van der Waals surface area contributed by atoms with E-state index < -0.39 is 0 Å². The first-order valence-corrected chi connectivity index (χ1v) is 9.23. The topological polar surface area (TPSA) is 49.4 Å². The normalized spacial score (nSPS) is 21.2. The lowest BCUT2D eigenvalue weighted by Gasteiger charge is -2.24. The van der Waals surface area contributed by atoms with Crippen molar-refractivity contribution in [1.29, 1.82) is 0 Å². The molecule has 116 valence electrons. The summed E-state index contributed by atoms with van der Waals surface area (Å²) in [5.41, 5.74) is 0. The highest BCUT2D eigenvalue weighted by molar-refractivity contribution is 7.99.